The number of cyclic esters (lactones) is 1. The van der Waals surface area contributed by atoms with Crippen molar-refractivity contribution in [1.82, 2.24) is 9.88 Å². The Hall–Kier alpha value is -3.09. The van der Waals surface area contributed by atoms with Gasteiger partial charge < -0.3 is 14.5 Å². The summed E-state index contributed by atoms with van der Waals surface area (Å²) >= 11 is 0. The first kappa shape index (κ1) is 20.2. The number of amides is 2. The van der Waals surface area contributed by atoms with Crippen molar-refractivity contribution in [1.29, 1.82) is 0 Å². The highest BCUT2D eigenvalue weighted by atomic mass is 16.6. The van der Waals surface area contributed by atoms with Crippen LogP contribution in [0.1, 0.15) is 34.8 Å². The number of nitrogens with zero attached hydrogens (tertiary/aromatic N) is 4. The zero-order valence-electron chi connectivity index (χ0n) is 17.8. The average Bonchev–Trinajstić information content (AvgIpc) is 3.14. The molecule has 0 bridgehead atoms. The summed E-state index contributed by atoms with van der Waals surface area (Å²) in [5, 5.41) is 0. The zero-order valence-corrected chi connectivity index (χ0v) is 17.8. The number of benzene rings is 1. The van der Waals surface area contributed by atoms with E-state index in [9.17, 15) is 9.59 Å². The molecule has 0 aliphatic carbocycles. The smallest absolute Gasteiger partial charge is 0.414 e. The van der Waals surface area contributed by atoms with Crippen LogP contribution in [0, 0.1) is 13.8 Å². The fourth-order valence-electron chi connectivity index (χ4n) is 4.18. The minimum Gasteiger partial charge on any atom is -0.447 e. The van der Waals surface area contributed by atoms with E-state index >= 15 is 0 Å². The molecule has 2 amide bonds. The molecule has 30 heavy (non-hydrogen) atoms. The SMILES string of the molecule is CCC1COC(=O)N1c1ccc(C(=O)N2CCN(c3ncc(C)cc3C)CC2)cc1. The second-order valence-corrected chi connectivity index (χ2v) is 7.99. The highest BCUT2D eigenvalue weighted by molar-refractivity contribution is 5.96. The van der Waals surface area contributed by atoms with Gasteiger partial charge in [-0.05, 0) is 55.7 Å². The lowest BCUT2D eigenvalue weighted by Crippen LogP contribution is -2.49. The first-order valence-electron chi connectivity index (χ1n) is 10.5. The predicted molar refractivity (Wildman–Crippen MR) is 116 cm³/mol. The lowest BCUT2D eigenvalue weighted by molar-refractivity contribution is 0.0746. The van der Waals surface area contributed by atoms with E-state index in [4.69, 9.17) is 4.74 Å². The molecule has 158 valence electrons. The first-order valence-corrected chi connectivity index (χ1v) is 10.5. The van der Waals surface area contributed by atoms with Gasteiger partial charge in [-0.3, -0.25) is 9.69 Å². The van der Waals surface area contributed by atoms with E-state index in [1.54, 1.807) is 17.0 Å². The molecule has 4 rings (SSSR count). The molecule has 2 saturated heterocycles. The Kier molecular flexibility index (Phi) is 5.61. The average molecular weight is 409 g/mol. The number of anilines is 2. The fourth-order valence-corrected chi connectivity index (χ4v) is 4.18. The molecule has 2 fully saturated rings. The van der Waals surface area contributed by atoms with Crippen molar-refractivity contribution < 1.29 is 14.3 Å². The number of carbonyl (C=O) groups is 2. The largest absolute Gasteiger partial charge is 0.447 e. The van der Waals surface area contributed by atoms with E-state index in [2.05, 4.69) is 22.9 Å². The Balaban J connectivity index is 1.40. The van der Waals surface area contributed by atoms with Crippen molar-refractivity contribution in [2.24, 2.45) is 0 Å². The van der Waals surface area contributed by atoms with Gasteiger partial charge in [0.2, 0.25) is 0 Å². The van der Waals surface area contributed by atoms with Crippen LogP contribution in [0.25, 0.3) is 0 Å². The number of hydrogen-bond acceptors (Lipinski definition) is 5. The molecule has 1 aromatic carbocycles. The number of hydrogen-bond donors (Lipinski definition) is 0. The van der Waals surface area contributed by atoms with Crippen molar-refractivity contribution in [3.63, 3.8) is 0 Å². The van der Waals surface area contributed by atoms with E-state index in [1.807, 2.05) is 37.1 Å². The summed E-state index contributed by atoms with van der Waals surface area (Å²) in [4.78, 5) is 35.3. The van der Waals surface area contributed by atoms with Crippen LogP contribution in [-0.4, -0.2) is 60.7 Å². The molecule has 0 N–H and O–H groups in total. The van der Waals surface area contributed by atoms with Crippen LogP contribution < -0.4 is 9.80 Å². The monoisotopic (exact) mass is 408 g/mol. The van der Waals surface area contributed by atoms with Gasteiger partial charge in [0.05, 0.1) is 6.04 Å². The van der Waals surface area contributed by atoms with Crippen LogP contribution in [-0.2, 0) is 4.74 Å². The van der Waals surface area contributed by atoms with Crippen LogP contribution in [0.4, 0.5) is 16.3 Å². The normalized spacial score (nSPS) is 19.2. The summed E-state index contributed by atoms with van der Waals surface area (Å²) < 4.78 is 5.16. The van der Waals surface area contributed by atoms with Gasteiger partial charge in [0.1, 0.15) is 12.4 Å². The van der Waals surface area contributed by atoms with Crippen molar-refractivity contribution >= 4 is 23.5 Å². The molecular formula is C23H28N4O3. The molecular weight excluding hydrogens is 380 g/mol. The third kappa shape index (κ3) is 3.84. The lowest BCUT2D eigenvalue weighted by Gasteiger charge is -2.36. The van der Waals surface area contributed by atoms with Crippen molar-refractivity contribution in [3.05, 3.63) is 53.2 Å². The molecule has 2 aromatic rings. The van der Waals surface area contributed by atoms with Crippen molar-refractivity contribution in [2.45, 2.75) is 33.2 Å². The molecule has 0 saturated carbocycles. The minimum atomic E-state index is -0.322. The number of rotatable bonds is 4. The van der Waals surface area contributed by atoms with Gasteiger partial charge in [0.15, 0.2) is 0 Å². The summed E-state index contributed by atoms with van der Waals surface area (Å²) in [6.45, 7) is 9.41. The van der Waals surface area contributed by atoms with Gasteiger partial charge >= 0.3 is 6.09 Å². The van der Waals surface area contributed by atoms with Gasteiger partial charge in [-0.25, -0.2) is 9.78 Å². The number of ether oxygens (including phenoxy) is 1. The van der Waals surface area contributed by atoms with E-state index in [1.165, 1.54) is 0 Å². The molecule has 7 heteroatoms. The van der Waals surface area contributed by atoms with Crippen molar-refractivity contribution in [2.75, 3.05) is 42.6 Å². The number of pyridine rings is 1. The summed E-state index contributed by atoms with van der Waals surface area (Å²) in [6.07, 6.45) is 2.39. The predicted octanol–water partition coefficient (Wildman–Crippen LogP) is 3.40. The molecule has 1 aromatic heterocycles. The molecule has 3 heterocycles. The molecule has 2 aliphatic rings. The van der Waals surface area contributed by atoms with Crippen LogP contribution in [0.5, 0.6) is 0 Å². The van der Waals surface area contributed by atoms with E-state index in [0.717, 1.165) is 42.1 Å². The zero-order chi connectivity index (χ0) is 21.3. The van der Waals surface area contributed by atoms with Crippen LogP contribution in [0.2, 0.25) is 0 Å². The van der Waals surface area contributed by atoms with Crippen molar-refractivity contribution in [3.8, 4) is 0 Å². The summed E-state index contributed by atoms with van der Waals surface area (Å²) in [5.41, 5.74) is 3.72. The first-order chi connectivity index (χ1) is 14.5. The summed E-state index contributed by atoms with van der Waals surface area (Å²) in [6, 6.07) is 9.45. The lowest BCUT2D eigenvalue weighted by atomic mass is 10.1. The number of carbonyl (C=O) groups excluding carboxylic acids is 2. The Morgan fingerprint density at radius 2 is 1.83 bits per heavy atom. The Morgan fingerprint density at radius 1 is 1.13 bits per heavy atom. The Morgan fingerprint density at radius 3 is 2.47 bits per heavy atom. The van der Waals surface area contributed by atoms with Gasteiger partial charge in [-0.2, -0.15) is 0 Å². The van der Waals surface area contributed by atoms with Gasteiger partial charge in [-0.1, -0.05) is 13.0 Å². The fraction of sp³-hybridized carbons (Fsp3) is 0.435. The molecule has 7 nitrogen and oxygen atoms in total. The highest BCUT2D eigenvalue weighted by Gasteiger charge is 2.33. The second kappa shape index (κ2) is 8.34. The second-order valence-electron chi connectivity index (χ2n) is 7.99. The third-order valence-corrected chi connectivity index (χ3v) is 5.88. The maximum Gasteiger partial charge on any atom is 0.414 e. The van der Waals surface area contributed by atoms with Crippen LogP contribution >= 0.6 is 0 Å². The molecule has 2 aliphatic heterocycles. The Labute approximate surface area is 177 Å². The van der Waals surface area contributed by atoms with Gasteiger partial charge in [0, 0.05) is 43.6 Å². The topological polar surface area (TPSA) is 66.0 Å². The maximum absolute atomic E-state index is 13.0. The Bertz CT molecular complexity index is 936. The van der Waals surface area contributed by atoms with E-state index in [-0.39, 0.29) is 18.0 Å². The summed E-state index contributed by atoms with van der Waals surface area (Å²) in [5.74, 6) is 1.02. The standard InChI is InChI=1S/C23H28N4O3/c1-4-19-15-30-23(29)27(19)20-7-5-18(6-8-20)22(28)26-11-9-25(10-12-26)21-17(3)13-16(2)14-24-21/h5-8,13-14,19H,4,9-12,15H2,1-3H3. The quantitative estimate of drug-likeness (QED) is 0.776. The molecule has 1 atom stereocenters. The number of aryl methyl sites for hydroxylation is 2. The summed E-state index contributed by atoms with van der Waals surface area (Å²) in [7, 11) is 0. The molecule has 0 radical (unpaired) electrons. The highest BCUT2D eigenvalue weighted by Crippen LogP contribution is 2.26. The minimum absolute atomic E-state index is 0.0193. The number of piperazine rings is 1. The maximum atomic E-state index is 13.0. The van der Waals surface area contributed by atoms with E-state index in [0.29, 0.717) is 25.3 Å². The van der Waals surface area contributed by atoms with Crippen LogP contribution in [0.15, 0.2) is 36.5 Å². The van der Waals surface area contributed by atoms with Gasteiger partial charge in [0.25, 0.3) is 5.91 Å². The number of aromatic nitrogens is 1. The molecule has 0 spiro atoms. The van der Waals surface area contributed by atoms with Crippen LogP contribution in [0.3, 0.4) is 0 Å². The van der Waals surface area contributed by atoms with Gasteiger partial charge in [-0.15, -0.1) is 0 Å². The molecule has 1 unspecified atom stereocenters. The van der Waals surface area contributed by atoms with E-state index < -0.39 is 0 Å². The third-order valence-electron chi connectivity index (χ3n) is 5.88.